The van der Waals surface area contributed by atoms with E-state index < -0.39 is 17.7 Å². The van der Waals surface area contributed by atoms with Crippen LogP contribution in [-0.4, -0.2) is 66.3 Å². The van der Waals surface area contributed by atoms with Crippen LogP contribution in [0, 0.1) is 11.6 Å². The Labute approximate surface area is 140 Å². The van der Waals surface area contributed by atoms with Crippen molar-refractivity contribution in [3.63, 3.8) is 0 Å². The summed E-state index contributed by atoms with van der Waals surface area (Å²) < 4.78 is 27.2. The van der Waals surface area contributed by atoms with Gasteiger partial charge in [-0.15, -0.1) is 0 Å². The Bertz CT molecular complexity index is 616. The molecule has 1 aromatic rings. The molecule has 0 N–H and O–H groups in total. The highest BCUT2D eigenvalue weighted by Crippen LogP contribution is 2.22. The molecule has 2 amide bonds. The fourth-order valence-electron chi connectivity index (χ4n) is 2.79. The molecule has 5 nitrogen and oxygen atoms in total. The summed E-state index contributed by atoms with van der Waals surface area (Å²) in [7, 11) is 1.71. The number of benzene rings is 1. The topological polar surface area (TPSA) is 43.9 Å². The van der Waals surface area contributed by atoms with Gasteiger partial charge in [-0.1, -0.05) is 0 Å². The molecule has 132 valence electrons. The van der Waals surface area contributed by atoms with Crippen molar-refractivity contribution in [1.82, 2.24) is 14.7 Å². The molecule has 0 spiro atoms. The number of carbonyl (C=O) groups is 2. The van der Waals surface area contributed by atoms with E-state index in [0.29, 0.717) is 26.2 Å². The number of rotatable bonds is 4. The van der Waals surface area contributed by atoms with Gasteiger partial charge in [-0.05, 0) is 32.2 Å². The van der Waals surface area contributed by atoms with Gasteiger partial charge in [0.1, 0.15) is 11.6 Å². The Morgan fingerprint density at radius 2 is 1.75 bits per heavy atom. The Kier molecular flexibility index (Phi) is 5.88. The van der Waals surface area contributed by atoms with Crippen LogP contribution in [0.15, 0.2) is 18.2 Å². The van der Waals surface area contributed by atoms with Gasteiger partial charge in [0.2, 0.25) is 11.8 Å². The van der Waals surface area contributed by atoms with E-state index in [1.54, 1.807) is 28.7 Å². The van der Waals surface area contributed by atoms with Crippen molar-refractivity contribution >= 4 is 11.8 Å². The average molecular weight is 339 g/mol. The number of hydrogen-bond donors (Lipinski definition) is 0. The Morgan fingerprint density at radius 1 is 1.17 bits per heavy atom. The molecule has 0 radical (unpaired) electrons. The zero-order chi connectivity index (χ0) is 17.9. The quantitative estimate of drug-likeness (QED) is 0.838. The first-order valence-electron chi connectivity index (χ1n) is 7.98. The van der Waals surface area contributed by atoms with Gasteiger partial charge in [0.15, 0.2) is 0 Å². The number of hydrogen-bond acceptors (Lipinski definition) is 3. The minimum Gasteiger partial charge on any atom is -0.339 e. The lowest BCUT2D eigenvalue weighted by atomic mass is 10.1. The smallest absolute Gasteiger partial charge is 0.236 e. The monoisotopic (exact) mass is 339 g/mol. The zero-order valence-corrected chi connectivity index (χ0v) is 14.3. The van der Waals surface area contributed by atoms with Gasteiger partial charge in [0.05, 0.1) is 6.54 Å². The summed E-state index contributed by atoms with van der Waals surface area (Å²) in [5.74, 6) is -1.06. The molecule has 1 heterocycles. The first-order valence-corrected chi connectivity index (χ1v) is 7.98. The van der Waals surface area contributed by atoms with Crippen molar-refractivity contribution in [3.8, 4) is 0 Å². The maximum atomic E-state index is 13.9. The third kappa shape index (κ3) is 4.29. The highest BCUT2D eigenvalue weighted by atomic mass is 19.1. The lowest BCUT2D eigenvalue weighted by molar-refractivity contribution is -0.139. The van der Waals surface area contributed by atoms with E-state index in [9.17, 15) is 18.4 Å². The second kappa shape index (κ2) is 7.70. The summed E-state index contributed by atoms with van der Waals surface area (Å²) in [5, 5.41) is 0. The standard InChI is InChI=1S/C17H23F2N3O2/c1-12(15-10-14(18)4-5-16(15)19)20(3)11-17(24)22-8-6-21(7-9-22)13(2)23/h4-5,10,12H,6-9,11H2,1-3H3. The van der Waals surface area contributed by atoms with Crippen molar-refractivity contribution in [2.75, 3.05) is 39.8 Å². The summed E-state index contributed by atoms with van der Waals surface area (Å²) in [4.78, 5) is 28.8. The predicted molar refractivity (Wildman–Crippen MR) is 86.2 cm³/mol. The fourth-order valence-corrected chi connectivity index (χ4v) is 2.79. The maximum Gasteiger partial charge on any atom is 0.236 e. The predicted octanol–water partition coefficient (Wildman–Crippen LogP) is 1.65. The average Bonchev–Trinajstić information content (AvgIpc) is 2.56. The van der Waals surface area contributed by atoms with Gasteiger partial charge in [-0.25, -0.2) is 8.78 Å². The largest absolute Gasteiger partial charge is 0.339 e. The maximum absolute atomic E-state index is 13.9. The van der Waals surface area contributed by atoms with Gasteiger partial charge in [-0.3, -0.25) is 14.5 Å². The van der Waals surface area contributed by atoms with Crippen LogP contribution in [0.3, 0.4) is 0 Å². The summed E-state index contributed by atoms with van der Waals surface area (Å²) in [6.07, 6.45) is 0. The van der Waals surface area contributed by atoms with E-state index in [1.165, 1.54) is 6.92 Å². The number of nitrogens with zero attached hydrogens (tertiary/aromatic N) is 3. The molecule has 1 unspecified atom stereocenters. The molecule has 1 atom stereocenters. The number of carbonyl (C=O) groups excluding carboxylic acids is 2. The van der Waals surface area contributed by atoms with Gasteiger partial charge in [0, 0.05) is 44.7 Å². The summed E-state index contributed by atoms with van der Waals surface area (Å²) in [6, 6.07) is 2.90. The third-order valence-electron chi connectivity index (χ3n) is 4.53. The molecule has 1 aliphatic rings. The summed E-state index contributed by atoms with van der Waals surface area (Å²) in [6.45, 7) is 5.40. The number of halogens is 2. The molecule has 0 saturated carbocycles. The zero-order valence-electron chi connectivity index (χ0n) is 14.3. The van der Waals surface area contributed by atoms with Gasteiger partial charge < -0.3 is 9.80 Å². The molecule has 24 heavy (non-hydrogen) atoms. The van der Waals surface area contributed by atoms with E-state index >= 15 is 0 Å². The molecule has 1 fully saturated rings. The molecule has 7 heteroatoms. The highest BCUT2D eigenvalue weighted by Gasteiger charge is 2.25. The van der Waals surface area contributed by atoms with Crippen LogP contribution in [0.1, 0.15) is 25.5 Å². The second-order valence-electron chi connectivity index (χ2n) is 6.14. The Morgan fingerprint density at radius 3 is 2.33 bits per heavy atom. The molecule has 1 aliphatic heterocycles. The summed E-state index contributed by atoms with van der Waals surface area (Å²) >= 11 is 0. The molecule has 1 saturated heterocycles. The van der Waals surface area contributed by atoms with Crippen LogP contribution in [0.4, 0.5) is 8.78 Å². The summed E-state index contributed by atoms with van der Waals surface area (Å²) in [5.41, 5.74) is 0.228. The van der Waals surface area contributed by atoms with Crippen LogP contribution in [-0.2, 0) is 9.59 Å². The van der Waals surface area contributed by atoms with Crippen molar-refractivity contribution in [2.24, 2.45) is 0 Å². The normalized spacial score (nSPS) is 16.4. The van der Waals surface area contributed by atoms with Crippen molar-refractivity contribution < 1.29 is 18.4 Å². The van der Waals surface area contributed by atoms with Crippen LogP contribution in [0.5, 0.6) is 0 Å². The molecule has 0 aromatic heterocycles. The first-order chi connectivity index (χ1) is 11.3. The van der Waals surface area contributed by atoms with Crippen LogP contribution >= 0.6 is 0 Å². The molecule has 0 aliphatic carbocycles. The SMILES string of the molecule is CC(=O)N1CCN(C(=O)CN(C)C(C)c2cc(F)ccc2F)CC1. The van der Waals surface area contributed by atoms with Crippen molar-refractivity contribution in [3.05, 3.63) is 35.4 Å². The lowest BCUT2D eigenvalue weighted by Crippen LogP contribution is -2.52. The second-order valence-corrected chi connectivity index (χ2v) is 6.14. The van der Waals surface area contributed by atoms with Gasteiger partial charge >= 0.3 is 0 Å². The van der Waals surface area contributed by atoms with Crippen LogP contribution < -0.4 is 0 Å². The van der Waals surface area contributed by atoms with Crippen LogP contribution in [0.25, 0.3) is 0 Å². The fraction of sp³-hybridized carbons (Fsp3) is 0.529. The first kappa shape index (κ1) is 18.3. The van der Waals surface area contributed by atoms with E-state index in [2.05, 4.69) is 0 Å². The van der Waals surface area contributed by atoms with E-state index in [1.807, 2.05) is 0 Å². The Balaban J connectivity index is 1.94. The van der Waals surface area contributed by atoms with E-state index in [-0.39, 0.29) is 23.9 Å². The van der Waals surface area contributed by atoms with Crippen molar-refractivity contribution in [1.29, 1.82) is 0 Å². The highest BCUT2D eigenvalue weighted by molar-refractivity contribution is 5.79. The number of amides is 2. The van der Waals surface area contributed by atoms with Gasteiger partial charge in [-0.2, -0.15) is 0 Å². The van der Waals surface area contributed by atoms with Crippen LogP contribution in [0.2, 0.25) is 0 Å². The Hall–Kier alpha value is -2.02. The molecule has 2 rings (SSSR count). The van der Waals surface area contributed by atoms with E-state index in [0.717, 1.165) is 18.2 Å². The minimum absolute atomic E-state index is 0.00872. The number of piperazine rings is 1. The minimum atomic E-state index is -0.502. The third-order valence-corrected chi connectivity index (χ3v) is 4.53. The van der Waals surface area contributed by atoms with E-state index in [4.69, 9.17) is 0 Å². The van der Waals surface area contributed by atoms with Gasteiger partial charge in [0.25, 0.3) is 0 Å². The number of likely N-dealkylation sites (N-methyl/N-ethyl adjacent to an activating group) is 1. The van der Waals surface area contributed by atoms with Crippen molar-refractivity contribution in [2.45, 2.75) is 19.9 Å². The molecular formula is C17H23F2N3O2. The molecule has 0 bridgehead atoms. The molecular weight excluding hydrogens is 316 g/mol. The molecule has 1 aromatic carbocycles. The lowest BCUT2D eigenvalue weighted by Gasteiger charge is -2.35.